The van der Waals surface area contributed by atoms with Gasteiger partial charge >= 0.3 is 6.03 Å². The molecule has 2 rings (SSSR count). The summed E-state index contributed by atoms with van der Waals surface area (Å²) in [5.74, 6) is 0.625. The van der Waals surface area contributed by atoms with Crippen LogP contribution in [0.25, 0.3) is 0 Å². The summed E-state index contributed by atoms with van der Waals surface area (Å²) in [4.78, 5) is 16.3. The molecule has 0 aromatic rings. The lowest BCUT2D eigenvalue weighted by atomic mass is 10.00. The SMILES string of the molecule is CN(CC1CCOCC1)C(=O)N1CCCCCC1. The van der Waals surface area contributed by atoms with Crippen molar-refractivity contribution in [3.8, 4) is 0 Å². The minimum absolute atomic E-state index is 0.225. The standard InChI is InChI=1S/C14H26N2O2/c1-15(12-13-6-10-18-11-7-13)14(17)16-8-4-2-3-5-9-16/h13H,2-12H2,1H3. The van der Waals surface area contributed by atoms with Gasteiger partial charge in [0.2, 0.25) is 0 Å². The average molecular weight is 254 g/mol. The lowest BCUT2D eigenvalue weighted by Crippen LogP contribution is -2.44. The van der Waals surface area contributed by atoms with Gasteiger partial charge in [-0.05, 0) is 31.6 Å². The van der Waals surface area contributed by atoms with Crippen LogP contribution in [-0.4, -0.2) is 55.7 Å². The lowest BCUT2D eigenvalue weighted by molar-refractivity contribution is 0.0564. The largest absolute Gasteiger partial charge is 0.381 e. The molecule has 0 aromatic heterocycles. The highest BCUT2D eigenvalue weighted by Crippen LogP contribution is 2.17. The fourth-order valence-electron chi connectivity index (χ4n) is 2.90. The van der Waals surface area contributed by atoms with E-state index in [9.17, 15) is 4.79 Å². The number of hydrogen-bond donors (Lipinski definition) is 0. The van der Waals surface area contributed by atoms with E-state index in [2.05, 4.69) is 0 Å². The molecule has 4 nitrogen and oxygen atoms in total. The highest BCUT2D eigenvalue weighted by Gasteiger charge is 2.22. The Hall–Kier alpha value is -0.770. The number of amides is 2. The Labute approximate surface area is 110 Å². The van der Waals surface area contributed by atoms with Crippen molar-refractivity contribution in [1.29, 1.82) is 0 Å². The van der Waals surface area contributed by atoms with Crippen molar-refractivity contribution in [1.82, 2.24) is 9.80 Å². The van der Waals surface area contributed by atoms with Crippen molar-refractivity contribution in [2.45, 2.75) is 38.5 Å². The van der Waals surface area contributed by atoms with Gasteiger partial charge in [-0.1, -0.05) is 12.8 Å². The molecule has 0 saturated carbocycles. The number of likely N-dealkylation sites (tertiary alicyclic amines) is 1. The van der Waals surface area contributed by atoms with E-state index < -0.39 is 0 Å². The molecule has 0 aromatic carbocycles. The second kappa shape index (κ2) is 6.98. The molecule has 0 spiro atoms. The number of nitrogens with zero attached hydrogens (tertiary/aromatic N) is 2. The normalized spacial score (nSPS) is 22.6. The van der Waals surface area contributed by atoms with Gasteiger partial charge < -0.3 is 14.5 Å². The van der Waals surface area contributed by atoms with Crippen LogP contribution in [-0.2, 0) is 4.74 Å². The second-order valence-corrected chi connectivity index (χ2v) is 5.62. The van der Waals surface area contributed by atoms with Crippen molar-refractivity contribution in [3.05, 3.63) is 0 Å². The summed E-state index contributed by atoms with van der Waals surface area (Å²) in [6, 6.07) is 0.225. The molecule has 0 bridgehead atoms. The Morgan fingerprint density at radius 2 is 1.78 bits per heavy atom. The van der Waals surface area contributed by atoms with E-state index in [0.717, 1.165) is 58.5 Å². The zero-order chi connectivity index (χ0) is 12.8. The van der Waals surface area contributed by atoms with Gasteiger partial charge in [0.25, 0.3) is 0 Å². The summed E-state index contributed by atoms with van der Waals surface area (Å²) in [6.07, 6.45) is 7.06. The molecule has 104 valence electrons. The molecule has 4 heteroatoms. The molecular formula is C14H26N2O2. The molecule has 0 atom stereocenters. The van der Waals surface area contributed by atoms with Crippen molar-refractivity contribution in [2.24, 2.45) is 5.92 Å². The second-order valence-electron chi connectivity index (χ2n) is 5.62. The average Bonchev–Trinajstić information content (AvgIpc) is 2.68. The van der Waals surface area contributed by atoms with Gasteiger partial charge in [-0.15, -0.1) is 0 Å². The fourth-order valence-corrected chi connectivity index (χ4v) is 2.90. The Kier molecular flexibility index (Phi) is 5.29. The molecule has 0 N–H and O–H groups in total. The molecule has 2 saturated heterocycles. The first-order valence-corrected chi connectivity index (χ1v) is 7.35. The van der Waals surface area contributed by atoms with Gasteiger partial charge in [-0.2, -0.15) is 0 Å². The van der Waals surface area contributed by atoms with Crippen LogP contribution in [0.3, 0.4) is 0 Å². The number of urea groups is 1. The lowest BCUT2D eigenvalue weighted by Gasteiger charge is -2.31. The van der Waals surface area contributed by atoms with Crippen LogP contribution in [0.1, 0.15) is 38.5 Å². The quantitative estimate of drug-likeness (QED) is 0.757. The number of ether oxygens (including phenoxy) is 1. The Morgan fingerprint density at radius 3 is 2.39 bits per heavy atom. The number of carbonyl (C=O) groups is 1. The molecule has 2 heterocycles. The highest BCUT2D eigenvalue weighted by molar-refractivity contribution is 5.74. The molecule has 2 aliphatic heterocycles. The summed E-state index contributed by atoms with van der Waals surface area (Å²) in [7, 11) is 1.95. The zero-order valence-corrected chi connectivity index (χ0v) is 11.6. The first kappa shape index (κ1) is 13.7. The van der Waals surface area contributed by atoms with E-state index in [1.807, 2.05) is 16.8 Å². The monoisotopic (exact) mass is 254 g/mol. The first-order chi connectivity index (χ1) is 8.77. The molecule has 2 amide bonds. The summed E-state index contributed by atoms with van der Waals surface area (Å²) in [5, 5.41) is 0. The van der Waals surface area contributed by atoms with E-state index >= 15 is 0 Å². The third-order valence-corrected chi connectivity index (χ3v) is 4.08. The predicted molar refractivity (Wildman–Crippen MR) is 71.6 cm³/mol. The molecular weight excluding hydrogens is 228 g/mol. The molecule has 0 radical (unpaired) electrons. The minimum Gasteiger partial charge on any atom is -0.381 e. The van der Waals surface area contributed by atoms with Gasteiger partial charge in [-0.25, -0.2) is 4.79 Å². The van der Waals surface area contributed by atoms with Crippen LogP contribution in [0.2, 0.25) is 0 Å². The van der Waals surface area contributed by atoms with Crippen molar-refractivity contribution >= 4 is 6.03 Å². The minimum atomic E-state index is 0.225. The van der Waals surface area contributed by atoms with E-state index in [0.29, 0.717) is 5.92 Å². The van der Waals surface area contributed by atoms with Gasteiger partial charge in [0, 0.05) is 39.9 Å². The summed E-state index contributed by atoms with van der Waals surface area (Å²) in [6.45, 7) is 4.49. The first-order valence-electron chi connectivity index (χ1n) is 7.35. The topological polar surface area (TPSA) is 32.8 Å². The fraction of sp³-hybridized carbons (Fsp3) is 0.929. The Morgan fingerprint density at radius 1 is 1.17 bits per heavy atom. The van der Waals surface area contributed by atoms with Crippen molar-refractivity contribution in [2.75, 3.05) is 39.9 Å². The van der Waals surface area contributed by atoms with Gasteiger partial charge in [0.15, 0.2) is 0 Å². The van der Waals surface area contributed by atoms with Crippen molar-refractivity contribution < 1.29 is 9.53 Å². The van der Waals surface area contributed by atoms with Crippen LogP contribution in [0.5, 0.6) is 0 Å². The third-order valence-electron chi connectivity index (χ3n) is 4.08. The molecule has 0 unspecified atom stereocenters. The van der Waals surface area contributed by atoms with E-state index in [-0.39, 0.29) is 6.03 Å². The Bertz CT molecular complexity index is 257. The zero-order valence-electron chi connectivity index (χ0n) is 11.6. The predicted octanol–water partition coefficient (Wildman–Crippen LogP) is 2.34. The van der Waals surface area contributed by atoms with Crippen LogP contribution in [0.15, 0.2) is 0 Å². The van der Waals surface area contributed by atoms with Gasteiger partial charge in [0.1, 0.15) is 0 Å². The maximum absolute atomic E-state index is 12.3. The van der Waals surface area contributed by atoms with Crippen LogP contribution in [0.4, 0.5) is 4.79 Å². The van der Waals surface area contributed by atoms with Crippen LogP contribution >= 0.6 is 0 Å². The Balaban J connectivity index is 1.79. The smallest absolute Gasteiger partial charge is 0.319 e. The molecule has 0 aliphatic carbocycles. The number of carbonyl (C=O) groups excluding carboxylic acids is 1. The number of rotatable bonds is 2. The molecule has 18 heavy (non-hydrogen) atoms. The van der Waals surface area contributed by atoms with Crippen LogP contribution < -0.4 is 0 Å². The summed E-state index contributed by atoms with van der Waals surface area (Å²) in [5.41, 5.74) is 0. The maximum atomic E-state index is 12.3. The van der Waals surface area contributed by atoms with Gasteiger partial charge in [0.05, 0.1) is 0 Å². The molecule has 2 aliphatic rings. The van der Waals surface area contributed by atoms with Crippen LogP contribution in [0, 0.1) is 5.92 Å². The third kappa shape index (κ3) is 3.87. The number of hydrogen-bond acceptors (Lipinski definition) is 2. The van der Waals surface area contributed by atoms with E-state index in [4.69, 9.17) is 4.74 Å². The summed E-state index contributed by atoms with van der Waals surface area (Å²) < 4.78 is 5.36. The molecule has 2 fully saturated rings. The van der Waals surface area contributed by atoms with Crippen molar-refractivity contribution in [3.63, 3.8) is 0 Å². The van der Waals surface area contributed by atoms with E-state index in [1.54, 1.807) is 0 Å². The maximum Gasteiger partial charge on any atom is 0.319 e. The highest BCUT2D eigenvalue weighted by atomic mass is 16.5. The van der Waals surface area contributed by atoms with Gasteiger partial charge in [-0.3, -0.25) is 0 Å². The summed E-state index contributed by atoms with van der Waals surface area (Å²) >= 11 is 0. The van der Waals surface area contributed by atoms with E-state index in [1.165, 1.54) is 12.8 Å².